The fraction of sp³-hybridized carbons (Fsp3) is 0.259. The number of nitrogens with one attached hydrogen (secondary N) is 2. The highest BCUT2D eigenvalue weighted by molar-refractivity contribution is 6.12. The highest BCUT2D eigenvalue weighted by Crippen LogP contribution is 2.35. The lowest BCUT2D eigenvalue weighted by molar-refractivity contribution is -0.115. The van der Waals surface area contributed by atoms with Gasteiger partial charge >= 0.3 is 0 Å². The van der Waals surface area contributed by atoms with Gasteiger partial charge in [-0.1, -0.05) is 13.0 Å². The maximum Gasteiger partial charge on any atom is 0.256 e. The summed E-state index contributed by atoms with van der Waals surface area (Å²) in [5.41, 5.74) is 3.67. The van der Waals surface area contributed by atoms with Gasteiger partial charge in [-0.3, -0.25) is 9.59 Å². The Morgan fingerprint density at radius 3 is 2.50 bits per heavy atom. The van der Waals surface area contributed by atoms with Gasteiger partial charge in [0.05, 0.1) is 22.8 Å². The Balaban J connectivity index is 1.54. The average molecular weight is 486 g/mol. The average Bonchev–Trinajstić information content (AvgIpc) is 3.32. The predicted octanol–water partition coefficient (Wildman–Crippen LogP) is 5.05. The summed E-state index contributed by atoms with van der Waals surface area (Å²) < 4.78 is 13.2. The van der Waals surface area contributed by atoms with E-state index >= 15 is 0 Å². The second-order valence-electron chi connectivity index (χ2n) is 8.77. The molecule has 0 fully saturated rings. The predicted molar refractivity (Wildman–Crippen MR) is 138 cm³/mol. The van der Waals surface area contributed by atoms with Crippen molar-refractivity contribution < 1.29 is 19.1 Å². The lowest BCUT2D eigenvalue weighted by Gasteiger charge is -2.19. The van der Waals surface area contributed by atoms with Gasteiger partial charge in [0.25, 0.3) is 5.91 Å². The van der Waals surface area contributed by atoms with E-state index in [4.69, 9.17) is 14.5 Å². The number of benzene rings is 2. The van der Waals surface area contributed by atoms with E-state index in [0.29, 0.717) is 64.8 Å². The van der Waals surface area contributed by atoms with E-state index in [1.54, 1.807) is 48.1 Å². The Labute approximate surface area is 208 Å². The number of nitrogens with zero attached hydrogens (tertiary/aromatic N) is 3. The molecule has 0 saturated carbocycles. The van der Waals surface area contributed by atoms with Gasteiger partial charge in [0, 0.05) is 29.4 Å². The van der Waals surface area contributed by atoms with Crippen LogP contribution in [-0.4, -0.2) is 39.8 Å². The van der Waals surface area contributed by atoms with Gasteiger partial charge in [0.1, 0.15) is 13.2 Å². The molecule has 0 atom stereocenters. The second-order valence-corrected chi connectivity index (χ2v) is 8.77. The molecule has 0 saturated heterocycles. The summed E-state index contributed by atoms with van der Waals surface area (Å²) in [4.78, 5) is 30.1. The van der Waals surface area contributed by atoms with Crippen molar-refractivity contribution in [2.24, 2.45) is 0 Å². The smallest absolute Gasteiger partial charge is 0.256 e. The molecule has 0 bridgehead atoms. The summed E-state index contributed by atoms with van der Waals surface area (Å²) in [5, 5.41) is 10.9. The second kappa shape index (κ2) is 9.69. The normalized spacial score (nSPS) is 12.6. The van der Waals surface area contributed by atoms with Gasteiger partial charge in [-0.15, -0.1) is 0 Å². The van der Waals surface area contributed by atoms with Crippen molar-refractivity contribution >= 4 is 34.2 Å². The number of hydrogen-bond acceptors (Lipinski definition) is 6. The Kier molecular flexibility index (Phi) is 6.28. The summed E-state index contributed by atoms with van der Waals surface area (Å²) >= 11 is 0. The minimum absolute atomic E-state index is 0.0558. The lowest BCUT2D eigenvalue weighted by atomic mass is 10.1. The summed E-state index contributed by atoms with van der Waals surface area (Å²) in [6.45, 7) is 6.81. The molecule has 2 aromatic carbocycles. The molecular formula is C27H27N5O4. The molecule has 2 N–H and O–H groups in total. The molecule has 5 rings (SSSR count). The number of pyridine rings is 1. The zero-order valence-electron chi connectivity index (χ0n) is 20.4. The molecule has 4 aromatic rings. The van der Waals surface area contributed by atoms with E-state index in [9.17, 15) is 9.59 Å². The van der Waals surface area contributed by atoms with Gasteiger partial charge in [0.2, 0.25) is 5.91 Å². The monoisotopic (exact) mass is 485 g/mol. The van der Waals surface area contributed by atoms with E-state index in [2.05, 4.69) is 15.7 Å². The van der Waals surface area contributed by atoms with Crippen molar-refractivity contribution in [2.75, 3.05) is 23.8 Å². The third-order valence-corrected chi connectivity index (χ3v) is 5.86. The molecule has 0 unspecified atom stereocenters. The SMILES string of the molecule is CCC(=O)Nc1cccc(NC(=O)c2cc(-c3ccc4c(c3)OCCO4)nc3c2cnn3C(C)C)c1. The highest BCUT2D eigenvalue weighted by atomic mass is 16.6. The van der Waals surface area contributed by atoms with Crippen LogP contribution in [0.5, 0.6) is 11.5 Å². The van der Waals surface area contributed by atoms with Gasteiger partial charge in [-0.25, -0.2) is 9.67 Å². The number of fused-ring (bicyclic) bond motifs is 2. The Bertz CT molecular complexity index is 1460. The van der Waals surface area contributed by atoms with Crippen molar-refractivity contribution in [1.29, 1.82) is 0 Å². The number of amides is 2. The van der Waals surface area contributed by atoms with Gasteiger partial charge < -0.3 is 20.1 Å². The van der Waals surface area contributed by atoms with E-state index in [1.807, 2.05) is 32.0 Å². The molecule has 1 aliphatic rings. The summed E-state index contributed by atoms with van der Waals surface area (Å²) in [5.74, 6) is 0.934. The molecule has 184 valence electrons. The van der Waals surface area contributed by atoms with Crippen LogP contribution in [0.15, 0.2) is 54.7 Å². The van der Waals surface area contributed by atoms with Gasteiger partial charge in [0.15, 0.2) is 17.1 Å². The Morgan fingerprint density at radius 1 is 1.00 bits per heavy atom. The van der Waals surface area contributed by atoms with Crippen LogP contribution in [-0.2, 0) is 4.79 Å². The van der Waals surface area contributed by atoms with Gasteiger partial charge in [-0.2, -0.15) is 5.10 Å². The van der Waals surface area contributed by atoms with E-state index < -0.39 is 0 Å². The van der Waals surface area contributed by atoms with Crippen LogP contribution < -0.4 is 20.1 Å². The van der Waals surface area contributed by atoms with Crippen molar-refractivity contribution in [3.63, 3.8) is 0 Å². The fourth-order valence-corrected chi connectivity index (χ4v) is 4.06. The van der Waals surface area contributed by atoms with Crippen molar-refractivity contribution in [1.82, 2.24) is 14.8 Å². The molecule has 1 aliphatic heterocycles. The molecule has 9 nitrogen and oxygen atoms in total. The molecule has 0 aliphatic carbocycles. The van der Waals surface area contributed by atoms with E-state index in [1.165, 1.54) is 0 Å². The van der Waals surface area contributed by atoms with Crippen LogP contribution in [0.1, 0.15) is 43.6 Å². The minimum Gasteiger partial charge on any atom is -0.486 e. The molecule has 2 aromatic heterocycles. The highest BCUT2D eigenvalue weighted by Gasteiger charge is 2.20. The summed E-state index contributed by atoms with van der Waals surface area (Å²) in [6, 6.07) is 14.5. The van der Waals surface area contributed by atoms with Crippen LogP contribution in [0, 0.1) is 0 Å². The van der Waals surface area contributed by atoms with Crippen molar-refractivity contribution in [3.8, 4) is 22.8 Å². The number of anilines is 2. The topological polar surface area (TPSA) is 107 Å². The van der Waals surface area contributed by atoms with E-state index in [-0.39, 0.29) is 17.9 Å². The first-order chi connectivity index (χ1) is 17.4. The molecule has 36 heavy (non-hydrogen) atoms. The first kappa shape index (κ1) is 23.3. The number of hydrogen-bond donors (Lipinski definition) is 2. The number of rotatable bonds is 6. The van der Waals surface area contributed by atoms with Crippen LogP contribution >= 0.6 is 0 Å². The zero-order valence-corrected chi connectivity index (χ0v) is 20.4. The van der Waals surface area contributed by atoms with Crippen LogP contribution in [0.2, 0.25) is 0 Å². The molecular weight excluding hydrogens is 458 g/mol. The quantitative estimate of drug-likeness (QED) is 0.396. The number of carbonyl (C=O) groups is 2. The third-order valence-electron chi connectivity index (χ3n) is 5.86. The fourth-order valence-electron chi connectivity index (χ4n) is 4.06. The largest absolute Gasteiger partial charge is 0.486 e. The summed E-state index contributed by atoms with van der Waals surface area (Å²) in [7, 11) is 0. The van der Waals surface area contributed by atoms with Crippen LogP contribution in [0.25, 0.3) is 22.3 Å². The molecule has 0 radical (unpaired) electrons. The Morgan fingerprint density at radius 2 is 1.75 bits per heavy atom. The molecule has 9 heteroatoms. The first-order valence-electron chi connectivity index (χ1n) is 11.9. The summed E-state index contributed by atoms with van der Waals surface area (Å²) in [6.07, 6.45) is 2.04. The standard InChI is InChI=1S/C27H27N5O4/c1-4-25(33)29-18-6-5-7-19(13-18)30-27(34)20-14-22(31-26-21(20)15-28-32(26)16(2)3)17-8-9-23-24(12-17)36-11-10-35-23/h5-9,12-16H,4,10-11H2,1-3H3,(H,29,33)(H,30,34). The molecule has 2 amide bonds. The third kappa shape index (κ3) is 4.59. The molecule has 0 spiro atoms. The maximum absolute atomic E-state index is 13.5. The van der Waals surface area contributed by atoms with Crippen molar-refractivity contribution in [3.05, 3.63) is 60.3 Å². The van der Waals surface area contributed by atoms with Crippen LogP contribution in [0.3, 0.4) is 0 Å². The minimum atomic E-state index is -0.302. The lowest BCUT2D eigenvalue weighted by Crippen LogP contribution is -2.15. The maximum atomic E-state index is 13.5. The number of ether oxygens (including phenoxy) is 2. The zero-order chi connectivity index (χ0) is 25.2. The number of aromatic nitrogens is 3. The van der Waals surface area contributed by atoms with E-state index in [0.717, 1.165) is 5.56 Å². The van der Waals surface area contributed by atoms with Crippen molar-refractivity contribution in [2.45, 2.75) is 33.2 Å². The van der Waals surface area contributed by atoms with Crippen LogP contribution in [0.4, 0.5) is 11.4 Å². The molecule has 3 heterocycles. The number of carbonyl (C=O) groups excluding carboxylic acids is 2. The first-order valence-corrected chi connectivity index (χ1v) is 11.9. The Hall–Kier alpha value is -4.40. The van der Waals surface area contributed by atoms with Gasteiger partial charge in [-0.05, 0) is 56.3 Å².